The number of ether oxygens (including phenoxy) is 3. The molecule has 1 amide bonds. The lowest BCUT2D eigenvalue weighted by Gasteiger charge is -2.42. The fourth-order valence-electron chi connectivity index (χ4n) is 3.24. The number of benzene rings is 2. The lowest BCUT2D eigenvalue weighted by Crippen LogP contribution is -2.59. The van der Waals surface area contributed by atoms with E-state index in [4.69, 9.17) is 14.2 Å². The molecular formula is C24H26F3NO4. The molecule has 1 heterocycles. The molecule has 0 unspecified atom stereocenters. The third-order valence-electron chi connectivity index (χ3n) is 4.92. The number of rotatable bonds is 6. The Morgan fingerprint density at radius 2 is 1.78 bits per heavy atom. The molecule has 0 aliphatic carbocycles. The first kappa shape index (κ1) is 23.8. The first-order chi connectivity index (χ1) is 15.0. The molecule has 1 N–H and O–H groups in total. The molecule has 0 aromatic heterocycles. The number of hydrogen-bond donors (Lipinski definition) is 1. The van der Waals surface area contributed by atoms with Crippen molar-refractivity contribution in [2.75, 3.05) is 13.2 Å². The lowest BCUT2D eigenvalue weighted by molar-refractivity contribution is -0.264. The molecule has 5 nitrogen and oxygen atoms in total. The minimum absolute atomic E-state index is 0.0230. The molecule has 2 aromatic rings. The van der Waals surface area contributed by atoms with E-state index >= 15 is 0 Å². The maximum atomic E-state index is 13.7. The first-order valence-electron chi connectivity index (χ1n) is 10.1. The van der Waals surface area contributed by atoms with E-state index in [9.17, 15) is 18.0 Å². The fourth-order valence-corrected chi connectivity index (χ4v) is 3.24. The number of nitrogens with one attached hydrogen (secondary N) is 1. The second-order valence-electron chi connectivity index (χ2n) is 8.18. The van der Waals surface area contributed by atoms with Gasteiger partial charge in [0.15, 0.2) is 5.79 Å². The number of carbonyl (C=O) groups excluding carboxylic acids is 1. The number of halogens is 3. The summed E-state index contributed by atoms with van der Waals surface area (Å²) in [5, 5.41) is 2.78. The smallest absolute Gasteiger partial charge is 0.419 e. The molecule has 172 valence electrons. The van der Waals surface area contributed by atoms with Crippen LogP contribution in [0.25, 0.3) is 6.08 Å². The van der Waals surface area contributed by atoms with E-state index in [-0.39, 0.29) is 31.5 Å². The molecule has 0 radical (unpaired) electrons. The lowest BCUT2D eigenvalue weighted by atomic mass is 9.97. The second kappa shape index (κ2) is 9.34. The third kappa shape index (κ3) is 6.34. The van der Waals surface area contributed by atoms with Gasteiger partial charge in [0.1, 0.15) is 17.9 Å². The average Bonchev–Trinajstić information content (AvgIpc) is 2.73. The summed E-state index contributed by atoms with van der Waals surface area (Å²) >= 11 is 0. The van der Waals surface area contributed by atoms with E-state index in [2.05, 4.69) is 5.32 Å². The Hall–Kier alpha value is -2.84. The van der Waals surface area contributed by atoms with E-state index < -0.39 is 23.1 Å². The van der Waals surface area contributed by atoms with Crippen molar-refractivity contribution in [2.24, 2.45) is 0 Å². The van der Waals surface area contributed by atoms with Gasteiger partial charge in [-0.3, -0.25) is 4.79 Å². The Morgan fingerprint density at radius 3 is 2.38 bits per heavy atom. The third-order valence-corrected chi connectivity index (χ3v) is 4.92. The van der Waals surface area contributed by atoms with Gasteiger partial charge in [0.05, 0.1) is 18.8 Å². The van der Waals surface area contributed by atoms with Crippen LogP contribution in [-0.4, -0.2) is 30.4 Å². The SMILES string of the molecule is CC(=O)NC1(/C=C\c2ccc(OCc3ccccc3)c(C(F)(F)F)c2)COC(C)(C)OC1. The van der Waals surface area contributed by atoms with Gasteiger partial charge in [-0.2, -0.15) is 13.2 Å². The predicted octanol–water partition coefficient (Wildman–Crippen LogP) is 4.96. The monoisotopic (exact) mass is 449 g/mol. The number of amides is 1. The van der Waals surface area contributed by atoms with Crippen molar-refractivity contribution >= 4 is 12.0 Å². The van der Waals surface area contributed by atoms with E-state index in [0.717, 1.165) is 11.6 Å². The molecular weight excluding hydrogens is 423 g/mol. The second-order valence-corrected chi connectivity index (χ2v) is 8.18. The summed E-state index contributed by atoms with van der Waals surface area (Å²) in [6.45, 7) is 5.13. The van der Waals surface area contributed by atoms with Gasteiger partial charge in [-0.15, -0.1) is 0 Å². The van der Waals surface area contributed by atoms with Crippen LogP contribution in [0.15, 0.2) is 54.6 Å². The van der Waals surface area contributed by atoms with Crippen LogP contribution < -0.4 is 10.1 Å². The van der Waals surface area contributed by atoms with Crippen molar-refractivity contribution in [3.05, 3.63) is 71.3 Å². The molecule has 0 bridgehead atoms. The molecule has 1 saturated heterocycles. The topological polar surface area (TPSA) is 56.8 Å². The molecule has 0 atom stereocenters. The normalized spacial score (nSPS) is 17.8. The molecule has 8 heteroatoms. The van der Waals surface area contributed by atoms with Gasteiger partial charge in [0.25, 0.3) is 0 Å². The summed E-state index contributed by atoms with van der Waals surface area (Å²) in [5.74, 6) is -1.36. The zero-order valence-corrected chi connectivity index (χ0v) is 18.2. The Balaban J connectivity index is 1.83. The number of carbonyl (C=O) groups is 1. The molecule has 1 aliphatic heterocycles. The van der Waals surface area contributed by atoms with E-state index in [1.807, 2.05) is 6.07 Å². The number of hydrogen-bond acceptors (Lipinski definition) is 4. The van der Waals surface area contributed by atoms with E-state index in [0.29, 0.717) is 5.56 Å². The van der Waals surface area contributed by atoms with Crippen LogP contribution in [0.5, 0.6) is 5.75 Å². The molecule has 2 aromatic carbocycles. The molecule has 0 saturated carbocycles. The Morgan fingerprint density at radius 1 is 1.12 bits per heavy atom. The van der Waals surface area contributed by atoms with Crippen molar-refractivity contribution in [2.45, 2.75) is 44.9 Å². The highest BCUT2D eigenvalue weighted by Gasteiger charge is 2.39. The molecule has 1 aliphatic rings. The van der Waals surface area contributed by atoms with Gasteiger partial charge >= 0.3 is 6.18 Å². The molecule has 32 heavy (non-hydrogen) atoms. The zero-order chi connectivity index (χ0) is 23.4. The van der Waals surface area contributed by atoms with Crippen molar-refractivity contribution in [3.8, 4) is 5.75 Å². The van der Waals surface area contributed by atoms with E-state index in [1.54, 1.807) is 44.2 Å². The van der Waals surface area contributed by atoms with Crippen molar-refractivity contribution in [1.82, 2.24) is 5.32 Å². The van der Waals surface area contributed by atoms with Crippen LogP contribution in [0.3, 0.4) is 0 Å². The average molecular weight is 449 g/mol. The summed E-state index contributed by atoms with van der Waals surface area (Å²) < 4.78 is 57.8. The van der Waals surface area contributed by atoms with Crippen LogP contribution in [0.1, 0.15) is 37.5 Å². The fraction of sp³-hybridized carbons (Fsp3) is 0.375. The van der Waals surface area contributed by atoms with Crippen molar-refractivity contribution in [3.63, 3.8) is 0 Å². The van der Waals surface area contributed by atoms with Gasteiger partial charge < -0.3 is 19.5 Å². The summed E-state index contributed by atoms with van der Waals surface area (Å²) in [4.78, 5) is 11.7. The zero-order valence-electron chi connectivity index (χ0n) is 18.2. The standard InChI is InChI=1S/C24H26F3NO4/c1-17(29)28-23(15-31-22(2,3)32-16-23)12-11-18-9-10-21(20(13-18)24(25,26)27)30-14-19-7-5-4-6-8-19/h4-13H,14-16H2,1-3H3,(H,28,29)/b12-11-. The highest BCUT2D eigenvalue weighted by Crippen LogP contribution is 2.37. The minimum atomic E-state index is -4.59. The molecule has 3 rings (SSSR count). The maximum Gasteiger partial charge on any atom is 0.419 e. The van der Waals surface area contributed by atoms with Crippen molar-refractivity contribution < 1.29 is 32.2 Å². The van der Waals surface area contributed by atoms with Crippen LogP contribution in [-0.2, 0) is 27.1 Å². The Labute approximate surface area is 185 Å². The number of alkyl halides is 3. The van der Waals surface area contributed by atoms with Crippen LogP contribution in [0, 0.1) is 0 Å². The Bertz CT molecular complexity index is 961. The minimum Gasteiger partial charge on any atom is -0.488 e. The van der Waals surface area contributed by atoms with Crippen molar-refractivity contribution in [1.29, 1.82) is 0 Å². The summed E-state index contributed by atoms with van der Waals surface area (Å²) in [6, 6.07) is 12.8. The van der Waals surface area contributed by atoms with Gasteiger partial charge in [0.2, 0.25) is 5.91 Å². The van der Waals surface area contributed by atoms with Gasteiger partial charge in [0, 0.05) is 6.92 Å². The first-order valence-corrected chi connectivity index (χ1v) is 10.1. The summed E-state index contributed by atoms with van der Waals surface area (Å²) in [6.07, 6.45) is -1.48. The van der Waals surface area contributed by atoms with Crippen LogP contribution >= 0.6 is 0 Å². The van der Waals surface area contributed by atoms with Gasteiger partial charge in [-0.05, 0) is 37.1 Å². The predicted molar refractivity (Wildman–Crippen MR) is 114 cm³/mol. The molecule has 0 spiro atoms. The van der Waals surface area contributed by atoms with Gasteiger partial charge in [-0.1, -0.05) is 48.6 Å². The quantitative estimate of drug-likeness (QED) is 0.678. The summed E-state index contributed by atoms with van der Waals surface area (Å²) in [5.41, 5.74) is -0.787. The Kier molecular flexibility index (Phi) is 6.95. The van der Waals surface area contributed by atoms with Gasteiger partial charge in [-0.25, -0.2) is 0 Å². The maximum absolute atomic E-state index is 13.7. The largest absolute Gasteiger partial charge is 0.488 e. The highest BCUT2D eigenvalue weighted by atomic mass is 19.4. The van der Waals surface area contributed by atoms with Crippen LogP contribution in [0.4, 0.5) is 13.2 Å². The highest BCUT2D eigenvalue weighted by molar-refractivity contribution is 5.74. The van der Waals surface area contributed by atoms with E-state index in [1.165, 1.54) is 25.1 Å². The summed E-state index contributed by atoms with van der Waals surface area (Å²) in [7, 11) is 0. The van der Waals surface area contributed by atoms with Crippen LogP contribution in [0.2, 0.25) is 0 Å². The molecule has 1 fully saturated rings.